The maximum atomic E-state index is 13.2. The predicted molar refractivity (Wildman–Crippen MR) is 129 cm³/mol. The lowest BCUT2D eigenvalue weighted by atomic mass is 10.1. The van der Waals surface area contributed by atoms with Crippen molar-refractivity contribution in [2.24, 2.45) is 0 Å². The van der Waals surface area contributed by atoms with E-state index in [2.05, 4.69) is 46.3 Å². The van der Waals surface area contributed by atoms with E-state index in [-0.39, 0.29) is 11.9 Å². The van der Waals surface area contributed by atoms with Crippen molar-refractivity contribution in [1.82, 2.24) is 14.8 Å². The second-order valence-corrected chi connectivity index (χ2v) is 9.10. The molecule has 4 aromatic rings. The lowest BCUT2D eigenvalue weighted by molar-refractivity contribution is 0.103. The third-order valence-electron chi connectivity index (χ3n) is 5.50. The first-order valence-corrected chi connectivity index (χ1v) is 11.6. The molecule has 5 rings (SSSR count). The molecule has 1 aromatic carbocycles. The predicted octanol–water partition coefficient (Wildman–Crippen LogP) is 4.83. The van der Waals surface area contributed by atoms with Crippen LogP contribution in [-0.4, -0.2) is 47.0 Å². The van der Waals surface area contributed by atoms with E-state index in [0.717, 1.165) is 40.3 Å². The lowest BCUT2D eigenvalue weighted by Gasteiger charge is -2.28. The van der Waals surface area contributed by atoms with Crippen LogP contribution >= 0.6 is 11.3 Å². The van der Waals surface area contributed by atoms with E-state index >= 15 is 0 Å². The Kier molecular flexibility index (Phi) is 5.63. The molecule has 1 fully saturated rings. The largest absolute Gasteiger partial charge is 0.378 e. The van der Waals surface area contributed by atoms with Crippen molar-refractivity contribution >= 4 is 39.0 Å². The summed E-state index contributed by atoms with van der Waals surface area (Å²) in [4.78, 5) is 20.6. The van der Waals surface area contributed by atoms with Crippen LogP contribution < -0.4 is 10.2 Å². The van der Waals surface area contributed by atoms with Gasteiger partial charge in [0.1, 0.15) is 0 Å². The van der Waals surface area contributed by atoms with Crippen molar-refractivity contribution in [2.45, 2.75) is 19.9 Å². The number of ether oxygens (including phenoxy) is 1. The van der Waals surface area contributed by atoms with Crippen molar-refractivity contribution in [2.75, 3.05) is 36.5 Å². The Morgan fingerprint density at radius 1 is 1.12 bits per heavy atom. The van der Waals surface area contributed by atoms with Crippen LogP contribution in [0.2, 0.25) is 0 Å². The number of anilines is 2. The molecule has 0 atom stereocenters. The normalized spacial score (nSPS) is 14.3. The highest BCUT2D eigenvalue weighted by atomic mass is 32.1. The summed E-state index contributed by atoms with van der Waals surface area (Å²) < 4.78 is 7.40. The van der Waals surface area contributed by atoms with E-state index in [4.69, 9.17) is 4.74 Å². The number of aromatic nitrogens is 3. The van der Waals surface area contributed by atoms with Gasteiger partial charge in [0.05, 0.1) is 41.2 Å². The van der Waals surface area contributed by atoms with E-state index < -0.39 is 0 Å². The fraction of sp³-hybridized carbons (Fsp3) is 0.292. The molecule has 0 bridgehead atoms. The molecule has 0 spiro atoms. The van der Waals surface area contributed by atoms with Gasteiger partial charge in [0.2, 0.25) is 0 Å². The van der Waals surface area contributed by atoms with Gasteiger partial charge in [-0.05, 0) is 31.5 Å². The number of pyridine rings is 1. The standard InChI is InChI=1S/C24H25N5O2S/c1-16(2)29-22-18(14-26-29)12-19(15-25-22)27-23(30)21-13-20(17-6-4-3-5-7-17)24(32-21)28-8-10-31-11-9-28/h3-7,12-16H,8-11H2,1-2H3,(H,27,30). The van der Waals surface area contributed by atoms with Crippen LogP contribution in [0.15, 0.2) is 54.9 Å². The number of nitrogens with one attached hydrogen (secondary N) is 1. The SMILES string of the molecule is CC(C)n1ncc2cc(NC(=O)c3cc(-c4ccccc4)c(N4CCOCC4)s3)cnc21. The van der Waals surface area contributed by atoms with Gasteiger partial charge in [0.25, 0.3) is 5.91 Å². The molecule has 1 N–H and O–H groups in total. The van der Waals surface area contributed by atoms with E-state index in [0.29, 0.717) is 23.8 Å². The number of amides is 1. The van der Waals surface area contributed by atoms with Gasteiger partial charge in [-0.2, -0.15) is 5.10 Å². The number of morpholine rings is 1. The fourth-order valence-electron chi connectivity index (χ4n) is 3.90. The summed E-state index contributed by atoms with van der Waals surface area (Å²) in [7, 11) is 0. The van der Waals surface area contributed by atoms with Crippen LogP contribution in [0.4, 0.5) is 10.7 Å². The van der Waals surface area contributed by atoms with Gasteiger partial charge in [0.15, 0.2) is 5.65 Å². The Balaban J connectivity index is 1.44. The molecule has 1 amide bonds. The zero-order valence-corrected chi connectivity index (χ0v) is 18.9. The minimum atomic E-state index is -0.135. The highest BCUT2D eigenvalue weighted by molar-refractivity contribution is 7.18. The highest BCUT2D eigenvalue weighted by Gasteiger charge is 2.22. The van der Waals surface area contributed by atoms with Crippen LogP contribution in [0.5, 0.6) is 0 Å². The van der Waals surface area contributed by atoms with Crippen LogP contribution in [0, 0.1) is 0 Å². The van der Waals surface area contributed by atoms with Gasteiger partial charge in [-0.3, -0.25) is 4.79 Å². The number of rotatable bonds is 5. The number of hydrogen-bond acceptors (Lipinski definition) is 6. The molecule has 0 saturated carbocycles. The van der Waals surface area contributed by atoms with Crippen molar-refractivity contribution in [3.05, 3.63) is 59.7 Å². The molecule has 7 nitrogen and oxygen atoms in total. The molecule has 164 valence electrons. The molecular formula is C24H25N5O2S. The number of thiophene rings is 1. The second-order valence-electron chi connectivity index (χ2n) is 8.07. The molecule has 0 radical (unpaired) electrons. The summed E-state index contributed by atoms with van der Waals surface area (Å²) in [5.74, 6) is -0.135. The van der Waals surface area contributed by atoms with Crippen LogP contribution in [0.1, 0.15) is 29.6 Å². The minimum absolute atomic E-state index is 0.135. The number of carbonyl (C=O) groups is 1. The van der Waals surface area contributed by atoms with Gasteiger partial charge in [0, 0.05) is 30.1 Å². The molecule has 1 saturated heterocycles. The Morgan fingerprint density at radius 3 is 2.66 bits per heavy atom. The topological polar surface area (TPSA) is 72.3 Å². The highest BCUT2D eigenvalue weighted by Crippen LogP contribution is 2.39. The maximum Gasteiger partial charge on any atom is 0.265 e. The first kappa shape index (κ1) is 20.7. The quantitative estimate of drug-likeness (QED) is 0.474. The van der Waals surface area contributed by atoms with Crippen LogP contribution in [0.3, 0.4) is 0 Å². The van der Waals surface area contributed by atoms with Crippen molar-refractivity contribution in [1.29, 1.82) is 0 Å². The third-order valence-corrected chi connectivity index (χ3v) is 6.69. The molecule has 32 heavy (non-hydrogen) atoms. The summed E-state index contributed by atoms with van der Waals surface area (Å²) in [6.07, 6.45) is 3.47. The first-order valence-electron chi connectivity index (χ1n) is 10.8. The second kappa shape index (κ2) is 8.72. The summed E-state index contributed by atoms with van der Waals surface area (Å²) in [5.41, 5.74) is 3.66. The molecule has 3 aromatic heterocycles. The molecular weight excluding hydrogens is 422 g/mol. The summed E-state index contributed by atoms with van der Waals surface area (Å²) in [6, 6.07) is 14.3. The zero-order valence-electron chi connectivity index (χ0n) is 18.1. The van der Waals surface area contributed by atoms with Crippen molar-refractivity contribution < 1.29 is 9.53 Å². The third kappa shape index (κ3) is 3.99. The fourth-order valence-corrected chi connectivity index (χ4v) is 5.03. The van der Waals surface area contributed by atoms with E-state index in [1.54, 1.807) is 12.4 Å². The molecule has 1 aliphatic rings. The average molecular weight is 448 g/mol. The van der Waals surface area contributed by atoms with Gasteiger partial charge < -0.3 is 15.0 Å². The number of hydrogen-bond donors (Lipinski definition) is 1. The van der Waals surface area contributed by atoms with Gasteiger partial charge in [-0.1, -0.05) is 30.3 Å². The summed E-state index contributed by atoms with van der Waals surface area (Å²) in [5, 5.41) is 9.43. The zero-order chi connectivity index (χ0) is 22.1. The van der Waals surface area contributed by atoms with Crippen molar-refractivity contribution in [3.8, 4) is 11.1 Å². The average Bonchev–Trinajstić information content (AvgIpc) is 3.45. The van der Waals surface area contributed by atoms with Gasteiger partial charge in [-0.25, -0.2) is 9.67 Å². The number of nitrogens with zero attached hydrogens (tertiary/aromatic N) is 4. The van der Waals surface area contributed by atoms with Gasteiger partial charge >= 0.3 is 0 Å². The van der Waals surface area contributed by atoms with Crippen molar-refractivity contribution in [3.63, 3.8) is 0 Å². The molecule has 0 aliphatic carbocycles. The monoisotopic (exact) mass is 447 g/mol. The van der Waals surface area contributed by atoms with Gasteiger partial charge in [-0.15, -0.1) is 11.3 Å². The number of carbonyl (C=O) groups excluding carboxylic acids is 1. The first-order chi connectivity index (χ1) is 15.6. The van der Waals surface area contributed by atoms with E-state index in [9.17, 15) is 4.79 Å². The summed E-state index contributed by atoms with van der Waals surface area (Å²) in [6.45, 7) is 7.17. The molecule has 8 heteroatoms. The molecule has 1 aliphatic heterocycles. The maximum absolute atomic E-state index is 13.2. The van der Waals surface area contributed by atoms with E-state index in [1.807, 2.05) is 35.0 Å². The lowest BCUT2D eigenvalue weighted by Crippen LogP contribution is -2.35. The minimum Gasteiger partial charge on any atom is -0.378 e. The molecule has 0 unspecified atom stereocenters. The Morgan fingerprint density at radius 2 is 1.91 bits per heavy atom. The molecule has 4 heterocycles. The Labute approximate surface area is 190 Å². The Hall–Kier alpha value is -3.23. The van der Waals surface area contributed by atoms with Crippen LogP contribution in [0.25, 0.3) is 22.2 Å². The number of fused-ring (bicyclic) bond motifs is 1. The van der Waals surface area contributed by atoms with E-state index in [1.165, 1.54) is 11.3 Å². The Bertz CT molecular complexity index is 1240. The van der Waals surface area contributed by atoms with Crippen LogP contribution in [-0.2, 0) is 4.74 Å². The smallest absolute Gasteiger partial charge is 0.265 e. The number of benzene rings is 1. The summed E-state index contributed by atoms with van der Waals surface area (Å²) >= 11 is 1.52.